The van der Waals surface area contributed by atoms with E-state index in [4.69, 9.17) is 14.2 Å². The number of halogens is 1. The first-order valence-corrected chi connectivity index (χ1v) is 13.7. The summed E-state index contributed by atoms with van der Waals surface area (Å²) in [6.07, 6.45) is 0.620. The van der Waals surface area contributed by atoms with Crippen LogP contribution in [-0.2, 0) is 28.6 Å². The van der Waals surface area contributed by atoms with Crippen molar-refractivity contribution in [2.75, 3.05) is 52.6 Å². The molecule has 4 aliphatic rings. The third-order valence-corrected chi connectivity index (χ3v) is 9.06. The highest BCUT2D eigenvalue weighted by Crippen LogP contribution is 2.60. The van der Waals surface area contributed by atoms with Crippen molar-refractivity contribution in [3.8, 4) is 0 Å². The van der Waals surface area contributed by atoms with Gasteiger partial charge in [-0.3, -0.25) is 19.3 Å². The number of carbonyl (C=O) groups excluding carboxylic acids is 3. The van der Waals surface area contributed by atoms with E-state index in [1.165, 1.54) is 4.90 Å². The number of hydrogen-bond donors (Lipinski definition) is 2. The predicted octanol–water partition coefficient (Wildman–Crippen LogP) is 0.153. The molecule has 4 saturated heterocycles. The summed E-state index contributed by atoms with van der Waals surface area (Å²) >= 11 is 3.64. The number of likely N-dealkylation sites (tertiary alicyclic amines) is 1. The van der Waals surface area contributed by atoms with Gasteiger partial charge in [-0.15, -0.1) is 0 Å². The molecule has 4 fully saturated rings. The molecule has 3 unspecified atom stereocenters. The number of rotatable bonds is 10. The molecule has 4 rings (SSSR count). The summed E-state index contributed by atoms with van der Waals surface area (Å²) in [5, 5.41) is 13.3. The molecule has 0 aliphatic carbocycles. The van der Waals surface area contributed by atoms with E-state index in [0.29, 0.717) is 32.7 Å². The normalized spacial score (nSPS) is 36.2. The van der Waals surface area contributed by atoms with E-state index in [1.807, 2.05) is 13.8 Å². The number of carbonyl (C=O) groups is 3. The molecular weight excluding hydrogens is 522 g/mol. The van der Waals surface area contributed by atoms with Gasteiger partial charge in [0.1, 0.15) is 11.6 Å². The minimum absolute atomic E-state index is 0.0409. The predicted molar refractivity (Wildman–Crippen MR) is 130 cm³/mol. The molecule has 2 amide bonds. The maximum Gasteiger partial charge on any atom is 0.312 e. The van der Waals surface area contributed by atoms with Gasteiger partial charge in [0.15, 0.2) is 0 Å². The largest absolute Gasteiger partial charge is 0.466 e. The van der Waals surface area contributed by atoms with Crippen LogP contribution in [-0.4, -0.2) is 114 Å². The Hall–Kier alpha value is -1.27. The highest BCUT2D eigenvalue weighted by Gasteiger charge is 2.77. The summed E-state index contributed by atoms with van der Waals surface area (Å²) in [5.74, 6) is -2.72. The number of aliphatic hydroxyl groups is 1. The quantitative estimate of drug-likeness (QED) is 0.287. The number of nitrogens with zero attached hydrogens (tertiary/aromatic N) is 2. The second-order valence-corrected chi connectivity index (χ2v) is 11.2. The van der Waals surface area contributed by atoms with Gasteiger partial charge in [-0.25, -0.2) is 0 Å². The molecule has 8 atom stereocenters. The first-order valence-electron chi connectivity index (χ1n) is 12.8. The van der Waals surface area contributed by atoms with E-state index in [0.717, 1.165) is 19.5 Å². The van der Waals surface area contributed by atoms with Crippen LogP contribution >= 0.6 is 15.9 Å². The molecule has 0 radical (unpaired) electrons. The molecule has 10 nitrogen and oxygen atoms in total. The van der Waals surface area contributed by atoms with Gasteiger partial charge in [0.25, 0.3) is 0 Å². The van der Waals surface area contributed by atoms with Crippen LogP contribution in [0.25, 0.3) is 0 Å². The van der Waals surface area contributed by atoms with Crippen LogP contribution in [0.5, 0.6) is 0 Å². The van der Waals surface area contributed by atoms with Gasteiger partial charge in [-0.2, -0.15) is 0 Å². The van der Waals surface area contributed by atoms with Crippen LogP contribution in [0, 0.1) is 17.8 Å². The number of amides is 2. The van der Waals surface area contributed by atoms with Crippen LogP contribution in [0.1, 0.15) is 33.6 Å². The van der Waals surface area contributed by atoms with Crippen LogP contribution in [0.2, 0.25) is 0 Å². The van der Waals surface area contributed by atoms with Gasteiger partial charge >= 0.3 is 5.97 Å². The van der Waals surface area contributed by atoms with E-state index < -0.39 is 41.6 Å². The molecule has 4 heterocycles. The molecule has 35 heavy (non-hydrogen) atoms. The average molecular weight is 560 g/mol. The van der Waals surface area contributed by atoms with E-state index in [-0.39, 0.29) is 35.8 Å². The Labute approximate surface area is 215 Å². The van der Waals surface area contributed by atoms with Crippen molar-refractivity contribution in [1.29, 1.82) is 0 Å². The zero-order chi connectivity index (χ0) is 25.3. The van der Waals surface area contributed by atoms with Gasteiger partial charge < -0.3 is 29.5 Å². The van der Waals surface area contributed by atoms with Gasteiger partial charge in [-0.1, -0.05) is 36.2 Å². The number of aliphatic hydroxyl groups excluding tert-OH is 1. The molecule has 0 saturated carbocycles. The minimum atomic E-state index is -1.14. The van der Waals surface area contributed by atoms with Crippen molar-refractivity contribution in [1.82, 2.24) is 15.1 Å². The number of hydrogen-bond acceptors (Lipinski definition) is 8. The smallest absolute Gasteiger partial charge is 0.312 e. The summed E-state index contributed by atoms with van der Waals surface area (Å²) < 4.78 is 17.1. The number of nitrogens with one attached hydrogen (secondary N) is 1. The summed E-state index contributed by atoms with van der Waals surface area (Å²) in [4.78, 5) is 44.3. The Morgan fingerprint density at radius 2 is 2.03 bits per heavy atom. The first kappa shape index (κ1) is 26.8. The number of fused-ring (bicyclic) bond motifs is 1. The molecule has 4 aliphatic heterocycles. The third kappa shape index (κ3) is 4.63. The number of esters is 1. The van der Waals surface area contributed by atoms with Crippen molar-refractivity contribution in [2.24, 2.45) is 17.8 Å². The summed E-state index contributed by atoms with van der Waals surface area (Å²) in [6.45, 7) is 9.68. The second kappa shape index (κ2) is 11.0. The Kier molecular flexibility index (Phi) is 8.42. The van der Waals surface area contributed by atoms with E-state index in [9.17, 15) is 19.5 Å². The van der Waals surface area contributed by atoms with Gasteiger partial charge in [-0.05, 0) is 19.3 Å². The SMILES string of the molecule is CCOC(=O)[C@H]1[C@H]2C(=O)N([C@@H](CO)[C@@H](C)CC)C(C(=O)NCCN3CCOCC3)C23CC(Br)[C@@H]1O3. The molecule has 0 aromatic carbocycles. The topological polar surface area (TPSA) is 118 Å². The van der Waals surface area contributed by atoms with Crippen molar-refractivity contribution >= 4 is 33.7 Å². The number of morpholine rings is 1. The zero-order valence-corrected chi connectivity index (χ0v) is 22.4. The molecular formula is C24H38BrN3O7. The third-order valence-electron chi connectivity index (χ3n) is 8.21. The molecule has 0 aromatic heterocycles. The summed E-state index contributed by atoms with van der Waals surface area (Å²) in [6, 6.07) is -1.48. The fraction of sp³-hybridized carbons (Fsp3) is 0.875. The van der Waals surface area contributed by atoms with Crippen LogP contribution in [0.3, 0.4) is 0 Å². The molecule has 11 heteroatoms. The standard InChI is InChI=1S/C24H38BrN3O7/c1-4-14(3)16(13-29)28-20(21(30)26-6-7-27-8-10-33-11-9-27)24-12-15(25)19(35-24)17(18(24)22(28)31)23(32)34-5-2/h14-20,29H,4-13H2,1-3H3,(H,26,30)/t14-,15?,16-,17-,18-,19-,20?,24?/m0/s1. The highest BCUT2D eigenvalue weighted by molar-refractivity contribution is 9.09. The first-order chi connectivity index (χ1) is 16.8. The van der Waals surface area contributed by atoms with Crippen molar-refractivity contribution < 1.29 is 33.7 Å². The summed E-state index contributed by atoms with van der Waals surface area (Å²) in [5.41, 5.74) is -1.14. The maximum absolute atomic E-state index is 14.0. The van der Waals surface area contributed by atoms with E-state index >= 15 is 0 Å². The Bertz CT molecular complexity index is 810. The fourth-order valence-electron chi connectivity index (χ4n) is 6.31. The van der Waals surface area contributed by atoms with Crippen molar-refractivity contribution in [2.45, 2.75) is 62.2 Å². The monoisotopic (exact) mass is 559 g/mol. The number of alkyl halides is 1. The molecule has 2 N–H and O–H groups in total. The second-order valence-electron chi connectivity index (χ2n) is 10.0. The Morgan fingerprint density at radius 3 is 2.66 bits per heavy atom. The van der Waals surface area contributed by atoms with E-state index in [1.54, 1.807) is 6.92 Å². The van der Waals surface area contributed by atoms with Crippen LogP contribution < -0.4 is 5.32 Å². The van der Waals surface area contributed by atoms with E-state index in [2.05, 4.69) is 26.1 Å². The fourth-order valence-corrected chi connectivity index (χ4v) is 7.25. The number of ether oxygens (including phenoxy) is 3. The average Bonchev–Trinajstić information content (AvgIpc) is 3.44. The Balaban J connectivity index is 1.63. The van der Waals surface area contributed by atoms with Crippen molar-refractivity contribution in [3.63, 3.8) is 0 Å². The molecule has 1 spiro atoms. The Morgan fingerprint density at radius 1 is 1.31 bits per heavy atom. The molecule has 2 bridgehead atoms. The highest BCUT2D eigenvalue weighted by atomic mass is 79.9. The van der Waals surface area contributed by atoms with Crippen molar-refractivity contribution in [3.05, 3.63) is 0 Å². The van der Waals surface area contributed by atoms with Crippen LogP contribution in [0.4, 0.5) is 0 Å². The van der Waals surface area contributed by atoms with Gasteiger partial charge in [0.2, 0.25) is 11.8 Å². The molecule has 0 aromatic rings. The van der Waals surface area contributed by atoms with Crippen LogP contribution in [0.15, 0.2) is 0 Å². The van der Waals surface area contributed by atoms with Gasteiger partial charge in [0.05, 0.1) is 50.4 Å². The lowest BCUT2D eigenvalue weighted by molar-refractivity contribution is -0.155. The lowest BCUT2D eigenvalue weighted by atomic mass is 9.70. The lowest BCUT2D eigenvalue weighted by Gasteiger charge is -2.39. The van der Waals surface area contributed by atoms with Gasteiger partial charge in [0, 0.05) is 31.0 Å². The zero-order valence-electron chi connectivity index (χ0n) is 20.8. The maximum atomic E-state index is 14.0. The minimum Gasteiger partial charge on any atom is -0.466 e. The molecule has 198 valence electrons. The lowest BCUT2D eigenvalue weighted by Crippen LogP contribution is -2.59. The summed E-state index contributed by atoms with van der Waals surface area (Å²) in [7, 11) is 0.